The van der Waals surface area contributed by atoms with E-state index >= 15 is 0 Å². The van der Waals surface area contributed by atoms with E-state index in [2.05, 4.69) is 5.32 Å². The maximum atomic E-state index is 13.4. The number of amides is 2. The Hall–Kier alpha value is -2.67. The lowest BCUT2D eigenvalue weighted by Crippen LogP contribution is -2.46. The Morgan fingerprint density at radius 3 is 2.23 bits per heavy atom. The Bertz CT molecular complexity index is 943. The van der Waals surface area contributed by atoms with Crippen LogP contribution in [-0.2, 0) is 4.79 Å². The second-order valence-corrected chi connectivity index (χ2v) is 8.45. The van der Waals surface area contributed by atoms with E-state index in [4.69, 9.17) is 9.47 Å². The Morgan fingerprint density at radius 2 is 1.70 bits per heavy atom. The molecule has 0 spiro atoms. The van der Waals surface area contributed by atoms with Crippen LogP contribution in [0.5, 0.6) is 11.5 Å². The molecule has 7 heteroatoms. The van der Waals surface area contributed by atoms with E-state index in [0.29, 0.717) is 22.6 Å². The molecule has 0 saturated heterocycles. The monoisotopic (exact) mass is 428 g/mol. The Balaban J connectivity index is 2.21. The van der Waals surface area contributed by atoms with E-state index < -0.39 is 12.0 Å². The normalized spacial score (nSPS) is 18.2. The van der Waals surface area contributed by atoms with E-state index in [1.807, 2.05) is 44.4 Å². The summed E-state index contributed by atoms with van der Waals surface area (Å²) in [6.45, 7) is 3.85. The molecule has 0 saturated carbocycles. The molecule has 3 rings (SSSR count). The van der Waals surface area contributed by atoms with E-state index in [1.165, 1.54) is 7.11 Å². The standard InChI is InChI=1S/C23H28N2O4S/c1-13(2)24-22(26)20-16-11-18(28-4)19(29-5)12-17(16)23(27)25(3)21(20)14-7-9-15(30-6)10-8-14/h7-13,20-21H,1-6H3,(H,24,26)/t20-,21-/m0/s1. The van der Waals surface area contributed by atoms with E-state index in [0.717, 1.165) is 10.5 Å². The number of carbonyl (C=O) groups is 2. The first-order valence-corrected chi connectivity index (χ1v) is 11.0. The minimum atomic E-state index is -0.579. The van der Waals surface area contributed by atoms with Gasteiger partial charge in [0.15, 0.2) is 11.5 Å². The van der Waals surface area contributed by atoms with Gasteiger partial charge in [0.2, 0.25) is 5.91 Å². The Labute approximate surface area is 181 Å². The topological polar surface area (TPSA) is 67.9 Å². The van der Waals surface area contributed by atoms with Crippen molar-refractivity contribution in [3.05, 3.63) is 53.1 Å². The van der Waals surface area contributed by atoms with Crippen LogP contribution >= 0.6 is 11.8 Å². The first-order chi connectivity index (χ1) is 14.3. The molecule has 0 bridgehead atoms. The molecule has 2 atom stereocenters. The highest BCUT2D eigenvalue weighted by Crippen LogP contribution is 2.45. The molecule has 1 aliphatic heterocycles. The zero-order chi connectivity index (χ0) is 22.0. The number of thioether (sulfide) groups is 1. The van der Waals surface area contributed by atoms with Gasteiger partial charge in [-0.15, -0.1) is 11.8 Å². The molecule has 1 N–H and O–H groups in total. The molecule has 2 amide bonds. The van der Waals surface area contributed by atoms with Crippen LogP contribution in [0.25, 0.3) is 0 Å². The fraction of sp³-hybridized carbons (Fsp3) is 0.391. The van der Waals surface area contributed by atoms with E-state index in [-0.39, 0.29) is 17.9 Å². The van der Waals surface area contributed by atoms with Gasteiger partial charge in [0.05, 0.1) is 26.2 Å². The van der Waals surface area contributed by atoms with Gasteiger partial charge in [-0.25, -0.2) is 0 Å². The number of hydrogen-bond acceptors (Lipinski definition) is 5. The first-order valence-electron chi connectivity index (χ1n) is 9.79. The fourth-order valence-corrected chi connectivity index (χ4v) is 4.33. The highest BCUT2D eigenvalue weighted by atomic mass is 32.2. The largest absolute Gasteiger partial charge is 0.493 e. The third kappa shape index (κ3) is 3.99. The zero-order valence-electron chi connectivity index (χ0n) is 18.2. The maximum absolute atomic E-state index is 13.4. The molecule has 160 valence electrons. The van der Waals surface area contributed by atoms with Crippen LogP contribution < -0.4 is 14.8 Å². The molecule has 6 nitrogen and oxygen atoms in total. The number of nitrogens with one attached hydrogen (secondary N) is 1. The summed E-state index contributed by atoms with van der Waals surface area (Å²) >= 11 is 1.65. The van der Waals surface area contributed by atoms with Gasteiger partial charge >= 0.3 is 0 Å². The van der Waals surface area contributed by atoms with Gasteiger partial charge in [0.1, 0.15) is 0 Å². The zero-order valence-corrected chi connectivity index (χ0v) is 19.0. The molecule has 2 aromatic rings. The quantitative estimate of drug-likeness (QED) is 0.708. The van der Waals surface area contributed by atoms with Crippen LogP contribution in [0.1, 0.15) is 47.3 Å². The lowest BCUT2D eigenvalue weighted by molar-refractivity contribution is -0.124. The fourth-order valence-electron chi connectivity index (χ4n) is 3.92. The first kappa shape index (κ1) is 22.0. The SMILES string of the molecule is COc1cc2c(cc1OC)[C@H](C(=O)NC(C)C)[C@H](c1ccc(SC)cc1)N(C)C2=O. The van der Waals surface area contributed by atoms with Gasteiger partial charge in [0.25, 0.3) is 5.91 Å². The number of benzene rings is 2. The third-order valence-corrected chi connectivity index (χ3v) is 6.09. The molecule has 0 aliphatic carbocycles. The summed E-state index contributed by atoms with van der Waals surface area (Å²) in [5.41, 5.74) is 2.01. The second kappa shape index (κ2) is 9.00. The van der Waals surface area contributed by atoms with Gasteiger partial charge < -0.3 is 19.7 Å². The number of hydrogen-bond donors (Lipinski definition) is 1. The van der Waals surface area contributed by atoms with Gasteiger partial charge in [-0.2, -0.15) is 0 Å². The summed E-state index contributed by atoms with van der Waals surface area (Å²) in [6.07, 6.45) is 2.01. The molecule has 30 heavy (non-hydrogen) atoms. The molecule has 0 radical (unpaired) electrons. The predicted octanol–water partition coefficient (Wildman–Crippen LogP) is 3.86. The number of carbonyl (C=O) groups excluding carboxylic acids is 2. The average Bonchev–Trinajstić information content (AvgIpc) is 2.74. The van der Waals surface area contributed by atoms with Crippen molar-refractivity contribution >= 4 is 23.6 Å². The van der Waals surface area contributed by atoms with Crippen LogP contribution in [-0.4, -0.2) is 50.3 Å². The van der Waals surface area contributed by atoms with Crippen molar-refractivity contribution in [2.75, 3.05) is 27.5 Å². The number of fused-ring (bicyclic) bond motifs is 1. The van der Waals surface area contributed by atoms with E-state index in [1.54, 1.807) is 43.0 Å². The number of rotatable bonds is 6. The molecule has 0 fully saturated rings. The summed E-state index contributed by atoms with van der Waals surface area (Å²) in [7, 11) is 4.81. The Kier molecular flexibility index (Phi) is 6.61. The van der Waals surface area contributed by atoms with Crippen LogP contribution in [0.4, 0.5) is 0 Å². The van der Waals surface area contributed by atoms with Crippen LogP contribution in [0.2, 0.25) is 0 Å². The van der Waals surface area contributed by atoms with Crippen molar-refractivity contribution < 1.29 is 19.1 Å². The lowest BCUT2D eigenvalue weighted by atomic mass is 9.79. The number of methoxy groups -OCH3 is 2. The lowest BCUT2D eigenvalue weighted by Gasteiger charge is -2.40. The summed E-state index contributed by atoms with van der Waals surface area (Å²) < 4.78 is 10.8. The van der Waals surface area contributed by atoms with Gasteiger partial charge in [-0.1, -0.05) is 12.1 Å². The number of ether oxygens (including phenoxy) is 2. The van der Waals surface area contributed by atoms with Crippen molar-refractivity contribution in [1.29, 1.82) is 0 Å². The predicted molar refractivity (Wildman–Crippen MR) is 119 cm³/mol. The number of nitrogens with zero attached hydrogens (tertiary/aromatic N) is 1. The molecular weight excluding hydrogens is 400 g/mol. The maximum Gasteiger partial charge on any atom is 0.254 e. The third-order valence-electron chi connectivity index (χ3n) is 5.35. The highest BCUT2D eigenvalue weighted by molar-refractivity contribution is 7.98. The molecular formula is C23H28N2O4S. The van der Waals surface area contributed by atoms with Crippen molar-refractivity contribution in [2.45, 2.75) is 36.7 Å². The molecule has 0 unspecified atom stereocenters. The van der Waals surface area contributed by atoms with Crippen molar-refractivity contribution in [1.82, 2.24) is 10.2 Å². The Morgan fingerprint density at radius 1 is 1.10 bits per heavy atom. The minimum absolute atomic E-state index is 0.0245. The van der Waals surface area contributed by atoms with Crippen molar-refractivity contribution in [3.8, 4) is 11.5 Å². The molecule has 2 aromatic carbocycles. The van der Waals surface area contributed by atoms with Gasteiger partial charge in [-0.05, 0) is 55.5 Å². The molecule has 0 aromatic heterocycles. The van der Waals surface area contributed by atoms with Crippen LogP contribution in [0.15, 0.2) is 41.3 Å². The van der Waals surface area contributed by atoms with Gasteiger partial charge in [-0.3, -0.25) is 9.59 Å². The molecule has 1 heterocycles. The summed E-state index contributed by atoms with van der Waals surface area (Å²) in [5.74, 6) is 0.0940. The summed E-state index contributed by atoms with van der Waals surface area (Å²) in [6, 6.07) is 11.0. The second-order valence-electron chi connectivity index (χ2n) is 7.57. The minimum Gasteiger partial charge on any atom is -0.493 e. The summed E-state index contributed by atoms with van der Waals surface area (Å²) in [4.78, 5) is 29.4. The number of likely N-dealkylation sites (N-methyl/N-ethyl adjacent to an activating group) is 1. The average molecular weight is 429 g/mol. The highest BCUT2D eigenvalue weighted by Gasteiger charge is 2.43. The summed E-state index contributed by atoms with van der Waals surface area (Å²) in [5, 5.41) is 3.02. The smallest absolute Gasteiger partial charge is 0.254 e. The van der Waals surface area contributed by atoms with Crippen molar-refractivity contribution in [2.24, 2.45) is 0 Å². The van der Waals surface area contributed by atoms with Gasteiger partial charge in [0, 0.05) is 23.5 Å². The van der Waals surface area contributed by atoms with E-state index in [9.17, 15) is 9.59 Å². The van der Waals surface area contributed by atoms with Crippen LogP contribution in [0.3, 0.4) is 0 Å². The van der Waals surface area contributed by atoms with Crippen molar-refractivity contribution in [3.63, 3.8) is 0 Å². The van der Waals surface area contributed by atoms with Crippen LogP contribution in [0, 0.1) is 0 Å². The molecule has 1 aliphatic rings.